The molecule has 0 saturated heterocycles. The van der Waals surface area contributed by atoms with Gasteiger partial charge in [0.25, 0.3) is 0 Å². The minimum absolute atomic E-state index is 0. The van der Waals surface area contributed by atoms with Crippen LogP contribution >= 0.6 is 23.7 Å². The van der Waals surface area contributed by atoms with E-state index in [1.165, 1.54) is 37.0 Å². The van der Waals surface area contributed by atoms with Gasteiger partial charge in [-0.15, -0.1) is 23.7 Å². The van der Waals surface area contributed by atoms with E-state index >= 15 is 0 Å². The monoisotopic (exact) mass is 259 g/mol. The molecule has 16 heavy (non-hydrogen) atoms. The van der Waals surface area contributed by atoms with Crippen molar-refractivity contribution in [3.8, 4) is 0 Å². The van der Waals surface area contributed by atoms with E-state index in [4.69, 9.17) is 0 Å². The summed E-state index contributed by atoms with van der Waals surface area (Å²) < 4.78 is 0. The zero-order chi connectivity index (χ0) is 10.5. The number of rotatable bonds is 4. The summed E-state index contributed by atoms with van der Waals surface area (Å²) in [5.74, 6) is 0.915. The molecule has 1 saturated carbocycles. The van der Waals surface area contributed by atoms with Crippen LogP contribution < -0.4 is 5.32 Å². The molecule has 0 bridgehead atoms. The molecule has 1 fully saturated rings. The standard InChI is InChI=1S/C13H21NS.ClH/c1-11(12-6-3-2-4-7-12)14-10-13-8-5-9-15-13;/h5,8-9,11-12,14H,2-4,6-7,10H2,1H3;1H. The largest absolute Gasteiger partial charge is 0.309 e. The van der Waals surface area contributed by atoms with Crippen molar-refractivity contribution in [2.24, 2.45) is 5.92 Å². The first-order valence-electron chi connectivity index (χ1n) is 6.12. The number of nitrogens with one attached hydrogen (secondary N) is 1. The highest BCUT2D eigenvalue weighted by atomic mass is 35.5. The molecule has 1 unspecified atom stereocenters. The number of hydrogen-bond acceptors (Lipinski definition) is 2. The van der Waals surface area contributed by atoms with Crippen LogP contribution in [0.1, 0.15) is 43.9 Å². The van der Waals surface area contributed by atoms with Crippen molar-refractivity contribution in [2.75, 3.05) is 0 Å². The fraction of sp³-hybridized carbons (Fsp3) is 0.692. The van der Waals surface area contributed by atoms with Gasteiger partial charge < -0.3 is 5.32 Å². The third-order valence-electron chi connectivity index (χ3n) is 3.54. The highest BCUT2D eigenvalue weighted by Crippen LogP contribution is 2.26. The van der Waals surface area contributed by atoms with Gasteiger partial charge in [-0.1, -0.05) is 25.3 Å². The third-order valence-corrected chi connectivity index (χ3v) is 4.41. The Kier molecular flexibility index (Phi) is 6.40. The molecular formula is C13H22ClNS. The van der Waals surface area contributed by atoms with E-state index in [-0.39, 0.29) is 12.4 Å². The van der Waals surface area contributed by atoms with Gasteiger partial charge >= 0.3 is 0 Å². The molecule has 0 aliphatic heterocycles. The Hall–Kier alpha value is -0.0500. The Morgan fingerprint density at radius 2 is 2.12 bits per heavy atom. The molecule has 2 rings (SSSR count). The maximum absolute atomic E-state index is 3.67. The van der Waals surface area contributed by atoms with Crippen LogP contribution in [-0.2, 0) is 6.54 Å². The van der Waals surface area contributed by atoms with Crippen molar-refractivity contribution in [1.82, 2.24) is 5.32 Å². The summed E-state index contributed by atoms with van der Waals surface area (Å²) in [6, 6.07) is 5.03. The summed E-state index contributed by atoms with van der Waals surface area (Å²) in [5, 5.41) is 5.82. The van der Waals surface area contributed by atoms with E-state index in [1.54, 1.807) is 0 Å². The smallest absolute Gasteiger partial charge is 0.0302 e. The highest BCUT2D eigenvalue weighted by molar-refractivity contribution is 7.09. The fourth-order valence-electron chi connectivity index (χ4n) is 2.48. The van der Waals surface area contributed by atoms with E-state index in [0.717, 1.165) is 12.5 Å². The molecule has 0 aromatic carbocycles. The lowest BCUT2D eigenvalue weighted by atomic mass is 9.84. The summed E-state index contributed by atoms with van der Waals surface area (Å²) in [6.07, 6.45) is 7.19. The molecule has 92 valence electrons. The van der Waals surface area contributed by atoms with Crippen molar-refractivity contribution >= 4 is 23.7 Å². The van der Waals surface area contributed by atoms with Gasteiger partial charge in [0, 0.05) is 17.5 Å². The molecule has 1 N–H and O–H groups in total. The van der Waals surface area contributed by atoms with Gasteiger partial charge in [0.1, 0.15) is 0 Å². The van der Waals surface area contributed by atoms with Crippen LogP contribution in [0.2, 0.25) is 0 Å². The lowest BCUT2D eigenvalue weighted by Crippen LogP contribution is -2.33. The van der Waals surface area contributed by atoms with Crippen molar-refractivity contribution in [2.45, 2.75) is 51.6 Å². The first-order valence-corrected chi connectivity index (χ1v) is 7.00. The van der Waals surface area contributed by atoms with Crippen molar-refractivity contribution < 1.29 is 0 Å². The number of thiophene rings is 1. The van der Waals surface area contributed by atoms with E-state index in [0.29, 0.717) is 6.04 Å². The van der Waals surface area contributed by atoms with Gasteiger partial charge in [0.2, 0.25) is 0 Å². The molecule has 0 spiro atoms. The van der Waals surface area contributed by atoms with Crippen LogP contribution in [0.15, 0.2) is 17.5 Å². The molecule has 0 radical (unpaired) electrons. The molecule has 3 heteroatoms. The second-order valence-electron chi connectivity index (χ2n) is 4.65. The average Bonchev–Trinajstić information content (AvgIpc) is 2.80. The zero-order valence-corrected chi connectivity index (χ0v) is 11.6. The lowest BCUT2D eigenvalue weighted by molar-refractivity contribution is 0.281. The van der Waals surface area contributed by atoms with Crippen molar-refractivity contribution in [1.29, 1.82) is 0 Å². The maximum Gasteiger partial charge on any atom is 0.0302 e. The van der Waals surface area contributed by atoms with Gasteiger partial charge in [-0.25, -0.2) is 0 Å². The molecule has 1 aromatic rings. The van der Waals surface area contributed by atoms with Crippen LogP contribution in [0.4, 0.5) is 0 Å². The Labute approximate surface area is 109 Å². The minimum Gasteiger partial charge on any atom is -0.309 e. The number of hydrogen-bond donors (Lipinski definition) is 1. The Morgan fingerprint density at radius 1 is 1.38 bits per heavy atom. The Balaban J connectivity index is 0.00000128. The summed E-state index contributed by atoms with van der Waals surface area (Å²) in [7, 11) is 0. The molecule has 1 aliphatic rings. The van der Waals surface area contributed by atoms with Crippen LogP contribution in [0.3, 0.4) is 0 Å². The first-order chi connectivity index (χ1) is 7.36. The van der Waals surface area contributed by atoms with Gasteiger partial charge in [0.15, 0.2) is 0 Å². The van der Waals surface area contributed by atoms with Gasteiger partial charge in [0.05, 0.1) is 0 Å². The zero-order valence-electron chi connectivity index (χ0n) is 9.95. The maximum atomic E-state index is 3.67. The van der Waals surface area contributed by atoms with E-state index in [2.05, 4.69) is 29.8 Å². The van der Waals surface area contributed by atoms with E-state index in [9.17, 15) is 0 Å². The summed E-state index contributed by atoms with van der Waals surface area (Å²) in [4.78, 5) is 1.46. The predicted molar refractivity (Wildman–Crippen MR) is 74.4 cm³/mol. The van der Waals surface area contributed by atoms with Gasteiger partial charge in [-0.2, -0.15) is 0 Å². The number of halogens is 1. The molecule has 1 aliphatic carbocycles. The summed E-state index contributed by atoms with van der Waals surface area (Å²) in [5.41, 5.74) is 0. The highest BCUT2D eigenvalue weighted by Gasteiger charge is 2.19. The van der Waals surface area contributed by atoms with Crippen molar-refractivity contribution in [3.05, 3.63) is 22.4 Å². The van der Waals surface area contributed by atoms with E-state index in [1.807, 2.05) is 11.3 Å². The quantitative estimate of drug-likeness (QED) is 0.853. The molecule has 1 heterocycles. The Bertz CT molecular complexity index is 267. The molecule has 1 atom stereocenters. The van der Waals surface area contributed by atoms with E-state index < -0.39 is 0 Å². The third kappa shape index (κ3) is 4.08. The second-order valence-corrected chi connectivity index (χ2v) is 5.68. The van der Waals surface area contributed by atoms with Crippen molar-refractivity contribution in [3.63, 3.8) is 0 Å². The van der Waals surface area contributed by atoms with Crippen LogP contribution in [-0.4, -0.2) is 6.04 Å². The normalized spacial score (nSPS) is 19.1. The van der Waals surface area contributed by atoms with Crippen LogP contribution in [0.5, 0.6) is 0 Å². The second kappa shape index (κ2) is 7.31. The lowest BCUT2D eigenvalue weighted by Gasteiger charge is -2.28. The predicted octanol–water partition coefficient (Wildman–Crippen LogP) is 4.23. The fourth-order valence-corrected chi connectivity index (χ4v) is 3.13. The summed E-state index contributed by atoms with van der Waals surface area (Å²) in [6.45, 7) is 3.40. The van der Waals surface area contributed by atoms with Crippen LogP contribution in [0, 0.1) is 5.92 Å². The first kappa shape index (κ1) is 14.0. The Morgan fingerprint density at radius 3 is 2.75 bits per heavy atom. The molecule has 1 nitrogen and oxygen atoms in total. The SMILES string of the molecule is CC(NCc1cccs1)C1CCCCC1.Cl. The average molecular weight is 260 g/mol. The molecular weight excluding hydrogens is 238 g/mol. The van der Waals surface area contributed by atoms with Gasteiger partial charge in [-0.3, -0.25) is 0 Å². The molecule has 0 amide bonds. The summed E-state index contributed by atoms with van der Waals surface area (Å²) >= 11 is 1.85. The molecule has 1 aromatic heterocycles. The topological polar surface area (TPSA) is 12.0 Å². The van der Waals surface area contributed by atoms with Crippen LogP contribution in [0.25, 0.3) is 0 Å². The minimum atomic E-state index is 0. The van der Waals surface area contributed by atoms with Gasteiger partial charge in [-0.05, 0) is 37.1 Å².